The van der Waals surface area contributed by atoms with E-state index in [1.807, 2.05) is 14.1 Å². The number of hydrogen-bond acceptors (Lipinski definition) is 5. The van der Waals surface area contributed by atoms with E-state index in [0.717, 1.165) is 45.1 Å². The molecule has 1 atom stereocenters. The maximum absolute atomic E-state index is 6.04. The van der Waals surface area contributed by atoms with Crippen molar-refractivity contribution in [3.8, 4) is 0 Å². The Hall–Kier alpha value is -1.30. The van der Waals surface area contributed by atoms with E-state index >= 15 is 0 Å². The average Bonchev–Trinajstić information content (AvgIpc) is 2.46. The Kier molecular flexibility index (Phi) is 5.64. The summed E-state index contributed by atoms with van der Waals surface area (Å²) >= 11 is 0. The molecule has 1 aromatic carbocycles. The Bertz CT molecular complexity index is 387. The second-order valence-electron chi connectivity index (χ2n) is 5.55. The van der Waals surface area contributed by atoms with Crippen LogP contribution in [0.1, 0.15) is 0 Å². The van der Waals surface area contributed by atoms with Crippen molar-refractivity contribution in [3.63, 3.8) is 0 Å². The average molecular weight is 278 g/mol. The molecule has 0 saturated carbocycles. The molecule has 0 radical (unpaired) electrons. The summed E-state index contributed by atoms with van der Waals surface area (Å²) in [4.78, 5) is 4.46. The summed E-state index contributed by atoms with van der Waals surface area (Å²) in [5.74, 6) is 0. The molecule has 20 heavy (non-hydrogen) atoms. The molecule has 1 aliphatic rings. The Morgan fingerprint density at radius 3 is 2.50 bits per heavy atom. The molecule has 1 aliphatic heterocycles. The van der Waals surface area contributed by atoms with Crippen molar-refractivity contribution >= 4 is 11.4 Å². The number of anilines is 2. The smallest absolute Gasteiger partial charge is 0.0642 e. The zero-order chi connectivity index (χ0) is 14.4. The van der Waals surface area contributed by atoms with Crippen LogP contribution in [0.15, 0.2) is 24.3 Å². The van der Waals surface area contributed by atoms with Crippen LogP contribution in [0.25, 0.3) is 0 Å². The zero-order valence-corrected chi connectivity index (χ0v) is 12.5. The summed E-state index contributed by atoms with van der Waals surface area (Å²) in [5, 5.41) is 3.39. The summed E-state index contributed by atoms with van der Waals surface area (Å²) in [6.07, 6.45) is 0. The topological polar surface area (TPSA) is 53.8 Å². The predicted molar refractivity (Wildman–Crippen MR) is 84.5 cm³/mol. The lowest BCUT2D eigenvalue weighted by Gasteiger charge is -2.29. The lowest BCUT2D eigenvalue weighted by molar-refractivity contribution is 0.122. The minimum Gasteiger partial charge on any atom is -0.383 e. The van der Waals surface area contributed by atoms with Crippen LogP contribution in [0.2, 0.25) is 0 Å². The fourth-order valence-electron chi connectivity index (χ4n) is 2.39. The van der Waals surface area contributed by atoms with Gasteiger partial charge in [-0.3, -0.25) is 0 Å². The maximum Gasteiger partial charge on any atom is 0.0642 e. The number of nitrogens with two attached hydrogens (primary N) is 1. The quantitative estimate of drug-likeness (QED) is 0.807. The number of nitrogens with zero attached hydrogens (tertiary/aromatic N) is 2. The first kappa shape index (κ1) is 15.1. The number of morpholine rings is 1. The SMILES string of the molecule is CN(C)C[C@H](N)CNc1ccc(N2CCOCC2)cc1. The van der Waals surface area contributed by atoms with E-state index in [2.05, 4.69) is 39.4 Å². The fraction of sp³-hybridized carbons (Fsp3) is 0.600. The van der Waals surface area contributed by atoms with Crippen molar-refractivity contribution in [3.05, 3.63) is 24.3 Å². The Labute approximate surface area is 121 Å². The second kappa shape index (κ2) is 7.47. The van der Waals surface area contributed by atoms with Gasteiger partial charge in [-0.25, -0.2) is 0 Å². The van der Waals surface area contributed by atoms with Crippen LogP contribution in [-0.4, -0.2) is 64.4 Å². The summed E-state index contributed by atoms with van der Waals surface area (Å²) in [5.41, 5.74) is 8.43. The number of ether oxygens (including phenoxy) is 1. The van der Waals surface area contributed by atoms with Crippen molar-refractivity contribution in [2.24, 2.45) is 5.73 Å². The van der Waals surface area contributed by atoms with Crippen LogP contribution in [0, 0.1) is 0 Å². The molecule has 0 bridgehead atoms. The van der Waals surface area contributed by atoms with Crippen molar-refractivity contribution < 1.29 is 4.74 Å². The number of rotatable bonds is 6. The van der Waals surface area contributed by atoms with Gasteiger partial charge >= 0.3 is 0 Å². The molecule has 1 aromatic rings. The number of hydrogen-bond donors (Lipinski definition) is 2. The van der Waals surface area contributed by atoms with Crippen LogP contribution < -0.4 is 16.0 Å². The monoisotopic (exact) mass is 278 g/mol. The van der Waals surface area contributed by atoms with Gasteiger partial charge in [0.15, 0.2) is 0 Å². The third-order valence-corrected chi connectivity index (χ3v) is 3.41. The van der Waals surface area contributed by atoms with Gasteiger partial charge in [0.1, 0.15) is 0 Å². The molecule has 1 heterocycles. The molecule has 0 unspecified atom stereocenters. The van der Waals surface area contributed by atoms with Gasteiger partial charge in [-0.15, -0.1) is 0 Å². The van der Waals surface area contributed by atoms with Crippen LogP contribution >= 0.6 is 0 Å². The van der Waals surface area contributed by atoms with Gasteiger partial charge in [-0.1, -0.05) is 0 Å². The second-order valence-corrected chi connectivity index (χ2v) is 5.55. The highest BCUT2D eigenvalue weighted by Crippen LogP contribution is 2.18. The van der Waals surface area contributed by atoms with E-state index in [-0.39, 0.29) is 6.04 Å². The lowest BCUT2D eigenvalue weighted by Crippen LogP contribution is -2.38. The van der Waals surface area contributed by atoms with Crippen molar-refractivity contribution in [2.45, 2.75) is 6.04 Å². The lowest BCUT2D eigenvalue weighted by atomic mass is 10.2. The van der Waals surface area contributed by atoms with Gasteiger partial charge in [0.05, 0.1) is 13.2 Å². The molecule has 0 aromatic heterocycles. The van der Waals surface area contributed by atoms with Crippen LogP contribution in [0.4, 0.5) is 11.4 Å². The van der Waals surface area contributed by atoms with Crippen molar-refractivity contribution in [1.29, 1.82) is 0 Å². The van der Waals surface area contributed by atoms with Crippen molar-refractivity contribution in [1.82, 2.24) is 4.90 Å². The van der Waals surface area contributed by atoms with Gasteiger partial charge in [-0.05, 0) is 38.4 Å². The fourth-order valence-corrected chi connectivity index (χ4v) is 2.39. The molecule has 5 heteroatoms. The van der Waals surface area contributed by atoms with Crippen LogP contribution in [0.3, 0.4) is 0 Å². The highest BCUT2D eigenvalue weighted by atomic mass is 16.5. The largest absolute Gasteiger partial charge is 0.383 e. The summed E-state index contributed by atoms with van der Waals surface area (Å²) in [6, 6.07) is 8.69. The third kappa shape index (κ3) is 4.67. The molecular formula is C15H26N4O. The minimum absolute atomic E-state index is 0.143. The van der Waals surface area contributed by atoms with E-state index < -0.39 is 0 Å². The van der Waals surface area contributed by atoms with E-state index in [9.17, 15) is 0 Å². The van der Waals surface area contributed by atoms with Gasteiger partial charge in [0.25, 0.3) is 0 Å². The van der Waals surface area contributed by atoms with Crippen LogP contribution in [0.5, 0.6) is 0 Å². The zero-order valence-electron chi connectivity index (χ0n) is 12.5. The molecule has 0 spiro atoms. The predicted octanol–water partition coefficient (Wildman–Crippen LogP) is 0.824. The first-order valence-corrected chi connectivity index (χ1v) is 7.22. The first-order chi connectivity index (χ1) is 9.65. The number of benzene rings is 1. The van der Waals surface area contributed by atoms with Gasteiger partial charge in [0, 0.05) is 43.6 Å². The third-order valence-electron chi connectivity index (χ3n) is 3.41. The minimum atomic E-state index is 0.143. The molecular weight excluding hydrogens is 252 g/mol. The van der Waals surface area contributed by atoms with Crippen molar-refractivity contribution in [2.75, 3.05) is 63.7 Å². The summed E-state index contributed by atoms with van der Waals surface area (Å²) in [7, 11) is 4.08. The molecule has 112 valence electrons. The Morgan fingerprint density at radius 1 is 1.25 bits per heavy atom. The summed E-state index contributed by atoms with van der Waals surface area (Å²) < 4.78 is 5.37. The van der Waals surface area contributed by atoms with E-state index in [0.29, 0.717) is 0 Å². The highest BCUT2D eigenvalue weighted by molar-refractivity contribution is 5.55. The molecule has 1 fully saturated rings. The molecule has 0 amide bonds. The van der Waals surface area contributed by atoms with Gasteiger partial charge < -0.3 is 25.6 Å². The normalized spacial score (nSPS) is 17.3. The van der Waals surface area contributed by atoms with Gasteiger partial charge in [0.2, 0.25) is 0 Å². The van der Waals surface area contributed by atoms with E-state index in [4.69, 9.17) is 10.5 Å². The number of nitrogens with one attached hydrogen (secondary N) is 1. The molecule has 3 N–H and O–H groups in total. The Balaban J connectivity index is 1.82. The molecule has 1 saturated heterocycles. The maximum atomic E-state index is 6.04. The molecule has 5 nitrogen and oxygen atoms in total. The standard InChI is InChI=1S/C15H26N4O/c1-18(2)12-13(16)11-17-14-3-5-15(6-4-14)19-7-9-20-10-8-19/h3-6,13,17H,7-12,16H2,1-2H3/t13-/m1/s1. The molecule has 2 rings (SSSR count). The highest BCUT2D eigenvalue weighted by Gasteiger charge is 2.10. The first-order valence-electron chi connectivity index (χ1n) is 7.22. The number of likely N-dealkylation sites (N-methyl/N-ethyl adjacent to an activating group) is 1. The molecule has 0 aliphatic carbocycles. The van der Waals surface area contributed by atoms with E-state index in [1.165, 1.54) is 5.69 Å². The summed E-state index contributed by atoms with van der Waals surface area (Å²) in [6.45, 7) is 5.26. The Morgan fingerprint density at radius 2 is 1.90 bits per heavy atom. The van der Waals surface area contributed by atoms with Crippen LogP contribution in [-0.2, 0) is 4.74 Å². The van der Waals surface area contributed by atoms with E-state index in [1.54, 1.807) is 0 Å². The van der Waals surface area contributed by atoms with Gasteiger partial charge in [-0.2, -0.15) is 0 Å².